The zero-order valence-electron chi connectivity index (χ0n) is 30.4. The Morgan fingerprint density at radius 3 is 2.66 bits per heavy atom. The molecule has 53 heavy (non-hydrogen) atoms. The van der Waals surface area contributed by atoms with Crippen LogP contribution < -0.4 is 5.32 Å². The molecule has 2 aromatic carbocycles. The van der Waals surface area contributed by atoms with Crippen LogP contribution in [-0.4, -0.2) is 62.6 Å². The lowest BCUT2D eigenvalue weighted by Crippen LogP contribution is -2.69. The maximum Gasteiger partial charge on any atom is 0.338 e. The minimum atomic E-state index is -2.08. The van der Waals surface area contributed by atoms with E-state index in [1.54, 1.807) is 57.4 Å². The van der Waals surface area contributed by atoms with Gasteiger partial charge < -0.3 is 20.3 Å². The van der Waals surface area contributed by atoms with Crippen LogP contribution in [0, 0.1) is 41.4 Å². The minimum absolute atomic E-state index is 0.0775. The van der Waals surface area contributed by atoms with Gasteiger partial charge in [-0.1, -0.05) is 43.7 Å². The van der Waals surface area contributed by atoms with Gasteiger partial charge in [0.1, 0.15) is 5.60 Å². The zero-order chi connectivity index (χ0) is 37.7. The Morgan fingerprint density at radius 2 is 1.87 bits per heavy atom. The van der Waals surface area contributed by atoms with Crippen LogP contribution >= 0.6 is 0 Å². The Morgan fingerprint density at radius 1 is 1.08 bits per heavy atom. The summed E-state index contributed by atoms with van der Waals surface area (Å²) < 4.78 is 23.0. The molecule has 0 aliphatic heterocycles. The van der Waals surface area contributed by atoms with E-state index in [0.29, 0.717) is 36.9 Å². The fraction of sp³-hybridized carbons (Fsp3) is 0.465. The number of carbonyl (C=O) groups excluding carboxylic acids is 4. The van der Waals surface area contributed by atoms with Crippen molar-refractivity contribution in [3.05, 3.63) is 95.3 Å². The van der Waals surface area contributed by atoms with E-state index in [2.05, 4.69) is 10.3 Å². The summed E-state index contributed by atoms with van der Waals surface area (Å²) in [6.07, 6.45) is 8.18. The maximum atomic E-state index is 17.5. The van der Waals surface area contributed by atoms with Gasteiger partial charge in [0, 0.05) is 46.1 Å². The summed E-state index contributed by atoms with van der Waals surface area (Å²) in [5, 5.41) is 28.9. The normalized spacial score (nSPS) is 36.9. The number of ketones is 2. The first-order valence-electron chi connectivity index (χ1n) is 18.6. The van der Waals surface area contributed by atoms with Crippen molar-refractivity contribution < 1.29 is 38.5 Å². The monoisotopic (exact) mass is 720 g/mol. The molecule has 5 aliphatic carbocycles. The fourth-order valence-electron chi connectivity index (χ4n) is 10.8. The lowest BCUT2D eigenvalue weighted by Gasteiger charge is -2.62. The first-order valence-corrected chi connectivity index (χ1v) is 18.6. The highest BCUT2D eigenvalue weighted by Crippen LogP contribution is 2.70. The molecule has 1 heterocycles. The Kier molecular flexibility index (Phi) is 8.20. The number of halogens is 1. The van der Waals surface area contributed by atoms with Crippen LogP contribution in [0.15, 0.2) is 78.7 Å². The molecule has 0 spiro atoms. The molecule has 4 fully saturated rings. The number of nitrogens with zero attached hydrogens (tertiary/aromatic N) is 1. The van der Waals surface area contributed by atoms with Gasteiger partial charge in [0.25, 0.3) is 0 Å². The van der Waals surface area contributed by atoms with Gasteiger partial charge in [-0.2, -0.15) is 0 Å². The van der Waals surface area contributed by atoms with E-state index in [0.717, 1.165) is 21.9 Å². The lowest BCUT2D eigenvalue weighted by molar-refractivity contribution is -0.219. The molecule has 0 bridgehead atoms. The first kappa shape index (κ1) is 35.5. The molecule has 10 atom stereocenters. The molecule has 3 aromatic rings. The molecule has 10 heteroatoms. The zero-order valence-corrected chi connectivity index (χ0v) is 30.4. The Balaban J connectivity index is 0.934. The van der Waals surface area contributed by atoms with Crippen LogP contribution in [0.3, 0.4) is 0 Å². The van der Waals surface area contributed by atoms with Crippen molar-refractivity contribution >= 4 is 39.9 Å². The molecule has 5 aliphatic rings. The third-order valence-corrected chi connectivity index (χ3v) is 13.9. The van der Waals surface area contributed by atoms with E-state index in [1.165, 1.54) is 12.2 Å². The molecule has 9 nitrogen and oxygen atoms in total. The van der Waals surface area contributed by atoms with Gasteiger partial charge in [-0.15, -0.1) is 0 Å². The third kappa shape index (κ3) is 5.19. The lowest BCUT2D eigenvalue weighted by atomic mass is 9.44. The summed E-state index contributed by atoms with van der Waals surface area (Å²) >= 11 is 0. The Labute approximate surface area is 307 Å². The van der Waals surface area contributed by atoms with E-state index in [9.17, 15) is 29.4 Å². The number of rotatable bonds is 7. The Bertz CT molecular complexity index is 2150. The van der Waals surface area contributed by atoms with Crippen molar-refractivity contribution in [1.82, 2.24) is 4.98 Å². The molecular weight excluding hydrogens is 675 g/mol. The molecule has 1 aromatic heterocycles. The van der Waals surface area contributed by atoms with Gasteiger partial charge >= 0.3 is 5.97 Å². The smallest absolute Gasteiger partial charge is 0.338 e. The number of hydrogen-bond donors (Lipinski definition) is 3. The van der Waals surface area contributed by atoms with Crippen LogP contribution in [0.4, 0.5) is 10.1 Å². The summed E-state index contributed by atoms with van der Waals surface area (Å²) in [6.45, 7) is 6.53. The highest BCUT2D eigenvalue weighted by atomic mass is 19.1. The molecule has 276 valence electrons. The van der Waals surface area contributed by atoms with E-state index in [1.807, 2.05) is 31.2 Å². The Hall–Kier alpha value is -4.54. The number of esters is 1. The number of ether oxygens (including phenoxy) is 1. The third-order valence-electron chi connectivity index (χ3n) is 13.9. The van der Waals surface area contributed by atoms with Gasteiger partial charge in [-0.3, -0.25) is 19.4 Å². The highest BCUT2D eigenvalue weighted by Gasteiger charge is 2.75. The SMILES string of the molecule is Cc1cncc2ccc(NC(=O)[C@@H]3C[C@H]3c3cccc(C(=O)OCC(=O)[C@@]4(O)[C@H](C)C[C@H]5[C@@H]6CCC7=CC(=O)C=C[C@]7(C)[C@@]6(F)[C@@H](O)C[C@@]54C)c3)cc12. The number of pyridine rings is 1. The molecule has 0 unspecified atom stereocenters. The molecule has 0 saturated heterocycles. The largest absolute Gasteiger partial charge is 0.454 e. The highest BCUT2D eigenvalue weighted by molar-refractivity contribution is 6.01. The molecule has 8 rings (SSSR count). The molecule has 0 radical (unpaired) electrons. The maximum absolute atomic E-state index is 17.5. The van der Waals surface area contributed by atoms with Crippen LogP contribution in [0.25, 0.3) is 10.8 Å². The number of anilines is 1. The van der Waals surface area contributed by atoms with E-state index < -0.39 is 64.3 Å². The average molecular weight is 721 g/mol. The second kappa shape index (κ2) is 12.2. The number of Topliss-reactive ketones (excluding diaryl/α,β-unsaturated/α-hetero) is 1. The van der Waals surface area contributed by atoms with Crippen molar-refractivity contribution in [2.75, 3.05) is 11.9 Å². The molecular formula is C43H45FN2O7. The van der Waals surface area contributed by atoms with E-state index in [4.69, 9.17) is 4.74 Å². The van der Waals surface area contributed by atoms with Crippen LogP contribution in [0.2, 0.25) is 0 Å². The summed E-state index contributed by atoms with van der Waals surface area (Å²) in [4.78, 5) is 56.8. The van der Waals surface area contributed by atoms with Crippen molar-refractivity contribution in [1.29, 1.82) is 0 Å². The van der Waals surface area contributed by atoms with Gasteiger partial charge in [0.15, 0.2) is 18.1 Å². The number of fused-ring (bicyclic) bond motifs is 6. The van der Waals surface area contributed by atoms with Crippen LogP contribution in [0.5, 0.6) is 0 Å². The predicted molar refractivity (Wildman–Crippen MR) is 196 cm³/mol. The standard InChI is InChI=1S/C43H45FN2O7/c1-23-20-45-21-27-8-10-29(17-31(23)27)46-38(50)33-18-32(33)25-6-5-7-26(15-25)39(51)53-22-37(49)43(52)24(2)14-35-34-11-9-28-16-30(47)12-13-40(28,3)42(34,44)36(48)19-41(35,43)4/h5-8,10,12-13,15-17,20-21,24,32-36,48,52H,9,11,14,18-19,22H2,1-4H3,(H,46,50)/t24-,32+,33-,34+,35+,36+,40+,41+,42+,43+/m1/s1. The number of carbonyl (C=O) groups is 4. The fourth-order valence-corrected chi connectivity index (χ4v) is 10.8. The number of hydrogen-bond acceptors (Lipinski definition) is 8. The number of aryl methyl sites for hydroxylation is 1. The van der Waals surface area contributed by atoms with E-state index in [-0.39, 0.29) is 35.5 Å². The number of nitrogens with one attached hydrogen (secondary N) is 1. The van der Waals surface area contributed by atoms with Crippen molar-refractivity contribution in [3.8, 4) is 0 Å². The quantitative estimate of drug-likeness (QED) is 0.240. The van der Waals surface area contributed by atoms with Gasteiger partial charge in [-0.05, 0) is 117 Å². The molecule has 4 saturated carbocycles. The first-order chi connectivity index (χ1) is 25.1. The number of allylic oxidation sites excluding steroid dienone is 4. The van der Waals surface area contributed by atoms with Crippen molar-refractivity contribution in [2.24, 2.45) is 34.5 Å². The van der Waals surface area contributed by atoms with Gasteiger partial charge in [-0.25, -0.2) is 9.18 Å². The second-order valence-electron chi connectivity index (χ2n) is 16.6. The topological polar surface area (TPSA) is 143 Å². The molecule has 3 N–H and O–H groups in total. The summed E-state index contributed by atoms with van der Waals surface area (Å²) in [5.74, 6) is -3.72. The minimum Gasteiger partial charge on any atom is -0.454 e. The van der Waals surface area contributed by atoms with Crippen LogP contribution in [-0.2, 0) is 19.1 Å². The van der Waals surface area contributed by atoms with Crippen molar-refractivity contribution in [3.63, 3.8) is 0 Å². The predicted octanol–water partition coefficient (Wildman–Crippen LogP) is 6.36. The number of aromatic nitrogens is 1. The number of aliphatic hydroxyl groups is 2. The molecule has 1 amide bonds. The summed E-state index contributed by atoms with van der Waals surface area (Å²) in [6, 6.07) is 12.6. The van der Waals surface area contributed by atoms with Crippen molar-refractivity contribution in [2.45, 2.75) is 83.1 Å². The van der Waals surface area contributed by atoms with Gasteiger partial charge in [0.2, 0.25) is 11.7 Å². The summed E-state index contributed by atoms with van der Waals surface area (Å²) in [5.41, 5.74) is -2.99. The summed E-state index contributed by atoms with van der Waals surface area (Å²) in [7, 11) is 0. The number of aliphatic hydroxyl groups excluding tert-OH is 1. The van der Waals surface area contributed by atoms with Gasteiger partial charge in [0.05, 0.1) is 11.7 Å². The van der Waals surface area contributed by atoms with E-state index >= 15 is 4.39 Å². The average Bonchev–Trinajstić information content (AvgIpc) is 3.91. The van der Waals surface area contributed by atoms with Crippen LogP contribution in [0.1, 0.15) is 80.3 Å². The number of amides is 1. The number of alkyl halides is 1. The second-order valence-corrected chi connectivity index (χ2v) is 16.6. The number of benzene rings is 2.